The number of aryl methyl sites for hydroxylation is 2. The summed E-state index contributed by atoms with van der Waals surface area (Å²) in [6, 6.07) is 18.4. The Kier molecular flexibility index (Phi) is 9.25. The van der Waals surface area contributed by atoms with Crippen molar-refractivity contribution >= 4 is 27.5 Å². The first-order valence-corrected chi connectivity index (χ1v) is 15.0. The molecule has 2 amide bonds. The third kappa shape index (κ3) is 6.88. The molecule has 9 heteroatoms. The molecule has 0 heterocycles. The fourth-order valence-electron chi connectivity index (χ4n) is 4.99. The molecule has 212 valence electrons. The molecular formula is C31H36FN3O4S. The highest BCUT2D eigenvalue weighted by atomic mass is 32.2. The van der Waals surface area contributed by atoms with Gasteiger partial charge in [-0.15, -0.1) is 0 Å². The Bertz CT molecular complexity index is 1450. The van der Waals surface area contributed by atoms with Crippen LogP contribution in [-0.2, 0) is 26.2 Å². The summed E-state index contributed by atoms with van der Waals surface area (Å²) in [5, 5.41) is 3.04. The van der Waals surface area contributed by atoms with Gasteiger partial charge in [-0.2, -0.15) is 0 Å². The van der Waals surface area contributed by atoms with Crippen molar-refractivity contribution in [2.24, 2.45) is 0 Å². The Hall–Kier alpha value is -3.72. The molecule has 0 saturated heterocycles. The van der Waals surface area contributed by atoms with Gasteiger partial charge in [-0.25, -0.2) is 12.8 Å². The van der Waals surface area contributed by atoms with Crippen LogP contribution in [0.4, 0.5) is 10.1 Å². The Morgan fingerprint density at radius 3 is 2.27 bits per heavy atom. The van der Waals surface area contributed by atoms with Crippen molar-refractivity contribution in [1.29, 1.82) is 0 Å². The van der Waals surface area contributed by atoms with E-state index in [0.717, 1.165) is 52.7 Å². The van der Waals surface area contributed by atoms with Crippen LogP contribution in [0.25, 0.3) is 0 Å². The van der Waals surface area contributed by atoms with Gasteiger partial charge in [-0.05, 0) is 63.4 Å². The summed E-state index contributed by atoms with van der Waals surface area (Å²) in [6.07, 6.45) is 3.86. The molecule has 1 fully saturated rings. The van der Waals surface area contributed by atoms with Crippen molar-refractivity contribution < 1.29 is 22.4 Å². The van der Waals surface area contributed by atoms with Gasteiger partial charge in [-0.3, -0.25) is 13.9 Å². The van der Waals surface area contributed by atoms with Gasteiger partial charge in [-0.1, -0.05) is 72.5 Å². The van der Waals surface area contributed by atoms with Crippen LogP contribution in [0.3, 0.4) is 0 Å². The first-order valence-electron chi connectivity index (χ1n) is 13.6. The summed E-state index contributed by atoms with van der Waals surface area (Å²) in [5.74, 6) is -1.69. The van der Waals surface area contributed by atoms with Crippen molar-refractivity contribution in [2.75, 3.05) is 10.8 Å². The van der Waals surface area contributed by atoms with Crippen molar-refractivity contribution in [3.8, 4) is 0 Å². The van der Waals surface area contributed by atoms with Gasteiger partial charge in [0.1, 0.15) is 18.4 Å². The number of amides is 2. The lowest BCUT2D eigenvalue weighted by atomic mass is 10.1. The van der Waals surface area contributed by atoms with E-state index in [4.69, 9.17) is 0 Å². The highest BCUT2D eigenvalue weighted by Crippen LogP contribution is 2.27. The molecule has 0 bridgehead atoms. The molecule has 1 saturated carbocycles. The highest BCUT2D eigenvalue weighted by molar-refractivity contribution is 7.92. The van der Waals surface area contributed by atoms with Crippen LogP contribution in [-0.4, -0.2) is 43.8 Å². The smallest absolute Gasteiger partial charge is 0.264 e. The molecule has 0 radical (unpaired) electrons. The van der Waals surface area contributed by atoms with Crippen molar-refractivity contribution in [2.45, 2.75) is 70.0 Å². The van der Waals surface area contributed by atoms with E-state index in [0.29, 0.717) is 0 Å². The minimum atomic E-state index is -4.32. The summed E-state index contributed by atoms with van der Waals surface area (Å²) >= 11 is 0. The van der Waals surface area contributed by atoms with Crippen LogP contribution in [0.2, 0.25) is 0 Å². The molecule has 0 unspecified atom stereocenters. The molecule has 7 nitrogen and oxygen atoms in total. The lowest BCUT2D eigenvalue weighted by Gasteiger charge is -2.32. The number of hydrogen-bond acceptors (Lipinski definition) is 4. The fourth-order valence-corrected chi connectivity index (χ4v) is 6.41. The number of sulfonamides is 1. The lowest BCUT2D eigenvalue weighted by Crippen LogP contribution is -2.52. The van der Waals surface area contributed by atoms with Crippen molar-refractivity contribution in [3.63, 3.8) is 0 Å². The number of carbonyl (C=O) groups excluding carboxylic acids is 2. The van der Waals surface area contributed by atoms with E-state index in [9.17, 15) is 18.0 Å². The van der Waals surface area contributed by atoms with E-state index in [2.05, 4.69) is 5.32 Å². The van der Waals surface area contributed by atoms with E-state index < -0.39 is 34.3 Å². The average molecular weight is 566 g/mol. The average Bonchev–Trinajstić information content (AvgIpc) is 3.43. The number of nitrogens with zero attached hydrogens (tertiary/aromatic N) is 2. The molecule has 0 spiro atoms. The summed E-state index contributed by atoms with van der Waals surface area (Å²) in [6.45, 7) is 4.81. The lowest BCUT2D eigenvalue weighted by molar-refractivity contribution is -0.139. The number of halogens is 1. The number of rotatable bonds is 10. The Morgan fingerprint density at radius 1 is 0.950 bits per heavy atom. The van der Waals surface area contributed by atoms with Gasteiger partial charge < -0.3 is 10.2 Å². The zero-order valence-electron chi connectivity index (χ0n) is 23.1. The fraction of sp³-hybridized carbons (Fsp3) is 0.355. The van der Waals surface area contributed by atoms with Gasteiger partial charge in [0.05, 0.1) is 10.6 Å². The second-order valence-corrected chi connectivity index (χ2v) is 12.3. The quantitative estimate of drug-likeness (QED) is 0.370. The van der Waals surface area contributed by atoms with Crippen LogP contribution in [0.15, 0.2) is 77.7 Å². The van der Waals surface area contributed by atoms with Crippen LogP contribution in [0, 0.1) is 19.7 Å². The number of para-hydroxylation sites is 1. The molecule has 0 aliphatic heterocycles. The summed E-state index contributed by atoms with van der Waals surface area (Å²) < 4.78 is 43.4. The predicted octanol–water partition coefficient (Wildman–Crippen LogP) is 5.11. The summed E-state index contributed by atoms with van der Waals surface area (Å²) in [7, 11) is -4.32. The number of benzene rings is 3. The summed E-state index contributed by atoms with van der Waals surface area (Å²) in [4.78, 5) is 28.5. The molecule has 0 aromatic heterocycles. The number of anilines is 1. The SMILES string of the molecule is Cc1ccc(S(=O)(=O)N(CC(=O)N(Cc2cccc(C)c2)[C@@H](C)C(=O)NC2CCCC2)c2ccccc2F)cc1. The molecule has 3 aromatic carbocycles. The second-order valence-electron chi connectivity index (χ2n) is 10.5. The standard InChI is InChI=1S/C31H36FN3O4S/c1-22-15-17-27(18-16-22)40(38,39)35(29-14-7-6-13-28(29)32)21-30(36)34(20-25-10-8-9-23(2)19-25)24(3)31(37)33-26-11-4-5-12-26/h6-10,13-19,24,26H,4-5,11-12,20-21H2,1-3H3,(H,33,37)/t24-/m0/s1. The van der Waals surface area contributed by atoms with Crippen molar-refractivity contribution in [1.82, 2.24) is 10.2 Å². The molecule has 4 rings (SSSR count). The molecular weight excluding hydrogens is 529 g/mol. The van der Waals surface area contributed by atoms with Gasteiger partial charge in [0.15, 0.2) is 0 Å². The second kappa shape index (κ2) is 12.6. The minimum absolute atomic E-state index is 0.0581. The van der Waals surface area contributed by atoms with Gasteiger partial charge >= 0.3 is 0 Å². The maximum Gasteiger partial charge on any atom is 0.264 e. The topological polar surface area (TPSA) is 86.8 Å². The minimum Gasteiger partial charge on any atom is -0.352 e. The number of hydrogen-bond donors (Lipinski definition) is 1. The predicted molar refractivity (Wildman–Crippen MR) is 154 cm³/mol. The van der Waals surface area contributed by atoms with Crippen LogP contribution >= 0.6 is 0 Å². The summed E-state index contributed by atoms with van der Waals surface area (Å²) in [5.41, 5.74) is 2.41. The van der Waals surface area contributed by atoms with Gasteiger partial charge in [0.2, 0.25) is 11.8 Å². The Morgan fingerprint density at radius 2 is 1.62 bits per heavy atom. The van der Waals surface area contributed by atoms with Crippen LogP contribution in [0.1, 0.15) is 49.3 Å². The zero-order valence-corrected chi connectivity index (χ0v) is 24.0. The first-order chi connectivity index (χ1) is 19.1. The van der Waals surface area contributed by atoms with Gasteiger partial charge in [0.25, 0.3) is 10.0 Å². The van der Waals surface area contributed by atoms with Crippen LogP contribution < -0.4 is 9.62 Å². The third-order valence-electron chi connectivity index (χ3n) is 7.31. The molecule has 3 aromatic rings. The molecule has 1 atom stereocenters. The van der Waals surface area contributed by atoms with E-state index in [1.165, 1.54) is 35.2 Å². The van der Waals surface area contributed by atoms with E-state index in [1.54, 1.807) is 19.1 Å². The Labute approximate surface area is 236 Å². The zero-order chi connectivity index (χ0) is 28.9. The van der Waals surface area contributed by atoms with Crippen molar-refractivity contribution in [3.05, 3.63) is 95.3 Å². The van der Waals surface area contributed by atoms with E-state index in [-0.39, 0.29) is 29.1 Å². The molecule has 1 N–H and O–H groups in total. The maximum atomic E-state index is 15.0. The highest BCUT2D eigenvalue weighted by Gasteiger charge is 2.34. The van der Waals surface area contributed by atoms with Crippen LogP contribution in [0.5, 0.6) is 0 Å². The molecule has 1 aliphatic carbocycles. The number of carbonyl (C=O) groups is 2. The third-order valence-corrected chi connectivity index (χ3v) is 9.09. The largest absolute Gasteiger partial charge is 0.352 e. The molecule has 40 heavy (non-hydrogen) atoms. The van der Waals surface area contributed by atoms with E-state index in [1.807, 2.05) is 38.1 Å². The monoisotopic (exact) mass is 565 g/mol. The number of nitrogens with one attached hydrogen (secondary N) is 1. The van der Waals surface area contributed by atoms with Gasteiger partial charge in [0, 0.05) is 12.6 Å². The Balaban J connectivity index is 1.69. The van der Waals surface area contributed by atoms with E-state index >= 15 is 4.39 Å². The maximum absolute atomic E-state index is 15.0. The molecule has 1 aliphatic rings. The normalized spacial score (nSPS) is 14.5. The first kappa shape index (κ1) is 29.3.